The Kier molecular flexibility index (Phi) is 3.52. The van der Waals surface area contributed by atoms with Crippen molar-refractivity contribution in [2.45, 2.75) is 45.8 Å². The zero-order valence-electron chi connectivity index (χ0n) is 7.64. The SMILES string of the molecule is CCC(O)C(=O)NC(C)(C)C. The van der Waals surface area contributed by atoms with Gasteiger partial charge < -0.3 is 10.4 Å². The van der Waals surface area contributed by atoms with Crippen molar-refractivity contribution in [1.29, 1.82) is 0 Å². The second kappa shape index (κ2) is 3.72. The molecule has 0 aliphatic heterocycles. The predicted molar refractivity (Wildman–Crippen MR) is 44.2 cm³/mol. The molecule has 0 aliphatic carbocycles. The highest BCUT2D eigenvalue weighted by Gasteiger charge is 2.18. The second-order valence-electron chi connectivity index (χ2n) is 3.66. The summed E-state index contributed by atoms with van der Waals surface area (Å²) in [7, 11) is 0. The Morgan fingerprint density at radius 2 is 2.00 bits per heavy atom. The lowest BCUT2D eigenvalue weighted by atomic mass is 10.1. The molecule has 11 heavy (non-hydrogen) atoms. The van der Waals surface area contributed by atoms with Crippen molar-refractivity contribution in [3.8, 4) is 0 Å². The van der Waals surface area contributed by atoms with Gasteiger partial charge in [-0.25, -0.2) is 0 Å². The summed E-state index contributed by atoms with van der Waals surface area (Å²) in [5.41, 5.74) is -0.257. The Balaban J connectivity index is 3.88. The van der Waals surface area contributed by atoms with Gasteiger partial charge in [-0.2, -0.15) is 0 Å². The largest absolute Gasteiger partial charge is 0.383 e. The molecule has 0 radical (unpaired) electrons. The van der Waals surface area contributed by atoms with E-state index in [9.17, 15) is 4.79 Å². The van der Waals surface area contributed by atoms with Crippen molar-refractivity contribution in [2.24, 2.45) is 0 Å². The van der Waals surface area contributed by atoms with E-state index in [1.165, 1.54) is 0 Å². The maximum atomic E-state index is 11.0. The van der Waals surface area contributed by atoms with Gasteiger partial charge in [-0.05, 0) is 27.2 Å². The Bertz CT molecular complexity index is 138. The Hall–Kier alpha value is -0.570. The van der Waals surface area contributed by atoms with Gasteiger partial charge >= 0.3 is 0 Å². The third kappa shape index (κ3) is 4.79. The van der Waals surface area contributed by atoms with Gasteiger partial charge in [0.1, 0.15) is 6.10 Å². The molecular formula is C8H17NO2. The molecule has 1 atom stereocenters. The smallest absolute Gasteiger partial charge is 0.249 e. The molecule has 3 heteroatoms. The fourth-order valence-electron chi connectivity index (χ4n) is 0.638. The van der Waals surface area contributed by atoms with E-state index in [1.807, 2.05) is 20.8 Å². The number of carbonyl (C=O) groups excluding carboxylic acids is 1. The molecule has 0 rings (SSSR count). The number of aliphatic hydroxyl groups excluding tert-OH is 1. The Morgan fingerprint density at radius 3 is 2.27 bits per heavy atom. The molecule has 0 saturated heterocycles. The summed E-state index contributed by atoms with van der Waals surface area (Å²) in [5, 5.41) is 11.8. The molecule has 0 aliphatic rings. The monoisotopic (exact) mass is 159 g/mol. The van der Waals surface area contributed by atoms with E-state index < -0.39 is 6.10 Å². The van der Waals surface area contributed by atoms with Crippen LogP contribution in [0.5, 0.6) is 0 Å². The topological polar surface area (TPSA) is 49.3 Å². The number of hydrogen-bond donors (Lipinski definition) is 2. The van der Waals surface area contributed by atoms with E-state index in [4.69, 9.17) is 5.11 Å². The third-order valence-electron chi connectivity index (χ3n) is 1.19. The van der Waals surface area contributed by atoms with Crippen molar-refractivity contribution in [3.63, 3.8) is 0 Å². The predicted octanol–water partition coefficient (Wildman–Crippen LogP) is 0.672. The number of aliphatic hydroxyl groups is 1. The number of rotatable bonds is 2. The van der Waals surface area contributed by atoms with Crippen molar-refractivity contribution in [1.82, 2.24) is 5.32 Å². The van der Waals surface area contributed by atoms with Gasteiger partial charge in [0.25, 0.3) is 0 Å². The summed E-state index contributed by atoms with van der Waals surface area (Å²) in [6.45, 7) is 7.42. The van der Waals surface area contributed by atoms with E-state index in [0.717, 1.165) is 0 Å². The minimum absolute atomic E-state index is 0.257. The normalized spacial score (nSPS) is 14.3. The molecule has 0 fully saturated rings. The molecule has 66 valence electrons. The summed E-state index contributed by atoms with van der Waals surface area (Å²) < 4.78 is 0. The lowest BCUT2D eigenvalue weighted by molar-refractivity contribution is -0.130. The highest BCUT2D eigenvalue weighted by Crippen LogP contribution is 2.00. The molecule has 0 heterocycles. The van der Waals surface area contributed by atoms with Crippen molar-refractivity contribution >= 4 is 5.91 Å². The van der Waals surface area contributed by atoms with Crippen LogP contribution in [-0.2, 0) is 4.79 Å². The molecule has 0 spiro atoms. The summed E-state index contributed by atoms with van der Waals surface area (Å²) in [6.07, 6.45) is -0.406. The molecular weight excluding hydrogens is 142 g/mol. The number of carbonyl (C=O) groups is 1. The first-order valence-electron chi connectivity index (χ1n) is 3.87. The van der Waals surface area contributed by atoms with E-state index in [-0.39, 0.29) is 11.4 Å². The standard InChI is InChI=1S/C8H17NO2/c1-5-6(10)7(11)9-8(2,3)4/h6,10H,5H2,1-4H3,(H,9,11). The minimum atomic E-state index is -0.866. The van der Waals surface area contributed by atoms with Crippen LogP contribution in [0.4, 0.5) is 0 Å². The third-order valence-corrected chi connectivity index (χ3v) is 1.19. The van der Waals surface area contributed by atoms with Crippen LogP contribution in [0.1, 0.15) is 34.1 Å². The fraction of sp³-hybridized carbons (Fsp3) is 0.875. The van der Waals surface area contributed by atoms with Crippen LogP contribution >= 0.6 is 0 Å². The summed E-state index contributed by atoms with van der Waals surface area (Å²) in [6, 6.07) is 0. The van der Waals surface area contributed by atoms with Gasteiger partial charge in [-0.3, -0.25) is 4.79 Å². The number of amides is 1. The molecule has 1 unspecified atom stereocenters. The van der Waals surface area contributed by atoms with Gasteiger partial charge in [-0.15, -0.1) is 0 Å². The zero-order chi connectivity index (χ0) is 9.07. The molecule has 2 N–H and O–H groups in total. The molecule has 0 bridgehead atoms. The molecule has 0 aromatic carbocycles. The quantitative estimate of drug-likeness (QED) is 0.622. The Morgan fingerprint density at radius 1 is 1.55 bits per heavy atom. The van der Waals surface area contributed by atoms with Crippen LogP contribution in [0.15, 0.2) is 0 Å². The fourth-order valence-corrected chi connectivity index (χ4v) is 0.638. The van der Waals surface area contributed by atoms with Crippen LogP contribution in [0.2, 0.25) is 0 Å². The van der Waals surface area contributed by atoms with E-state index in [1.54, 1.807) is 6.92 Å². The molecule has 0 saturated carbocycles. The summed E-state index contributed by atoms with van der Waals surface area (Å²) in [5.74, 6) is -0.292. The highest BCUT2D eigenvalue weighted by atomic mass is 16.3. The van der Waals surface area contributed by atoms with Gasteiger partial charge in [0.05, 0.1) is 0 Å². The zero-order valence-corrected chi connectivity index (χ0v) is 7.64. The van der Waals surface area contributed by atoms with Gasteiger partial charge in [0.2, 0.25) is 5.91 Å². The number of nitrogens with one attached hydrogen (secondary N) is 1. The highest BCUT2D eigenvalue weighted by molar-refractivity contribution is 5.80. The average Bonchev–Trinajstić information content (AvgIpc) is 1.82. The maximum Gasteiger partial charge on any atom is 0.249 e. The van der Waals surface area contributed by atoms with Gasteiger partial charge in [-0.1, -0.05) is 6.92 Å². The lowest BCUT2D eigenvalue weighted by Crippen LogP contribution is -2.45. The van der Waals surface area contributed by atoms with E-state index in [2.05, 4.69) is 5.32 Å². The summed E-state index contributed by atoms with van der Waals surface area (Å²) in [4.78, 5) is 11.0. The first-order chi connectivity index (χ1) is 4.87. The van der Waals surface area contributed by atoms with Crippen molar-refractivity contribution in [2.75, 3.05) is 0 Å². The summed E-state index contributed by atoms with van der Waals surface area (Å²) >= 11 is 0. The second-order valence-corrected chi connectivity index (χ2v) is 3.66. The average molecular weight is 159 g/mol. The van der Waals surface area contributed by atoms with Crippen LogP contribution < -0.4 is 5.32 Å². The van der Waals surface area contributed by atoms with Crippen LogP contribution in [0, 0.1) is 0 Å². The van der Waals surface area contributed by atoms with E-state index in [0.29, 0.717) is 6.42 Å². The van der Waals surface area contributed by atoms with Crippen LogP contribution in [-0.4, -0.2) is 22.7 Å². The number of hydrogen-bond acceptors (Lipinski definition) is 2. The van der Waals surface area contributed by atoms with Crippen LogP contribution in [0.3, 0.4) is 0 Å². The molecule has 1 amide bonds. The van der Waals surface area contributed by atoms with Crippen molar-refractivity contribution < 1.29 is 9.90 Å². The van der Waals surface area contributed by atoms with Crippen LogP contribution in [0.25, 0.3) is 0 Å². The molecule has 0 aromatic heterocycles. The first kappa shape index (κ1) is 10.4. The lowest BCUT2D eigenvalue weighted by Gasteiger charge is -2.22. The molecule has 0 aromatic rings. The first-order valence-corrected chi connectivity index (χ1v) is 3.87. The van der Waals surface area contributed by atoms with Gasteiger partial charge in [0.15, 0.2) is 0 Å². The minimum Gasteiger partial charge on any atom is -0.383 e. The molecule has 3 nitrogen and oxygen atoms in total. The van der Waals surface area contributed by atoms with Gasteiger partial charge in [0, 0.05) is 5.54 Å². The van der Waals surface area contributed by atoms with Crippen molar-refractivity contribution in [3.05, 3.63) is 0 Å². The maximum absolute atomic E-state index is 11.0. The van der Waals surface area contributed by atoms with E-state index >= 15 is 0 Å². The Labute approximate surface area is 67.8 Å².